The molecule has 2 atom stereocenters. The third-order valence-electron chi connectivity index (χ3n) is 5.28. The largest absolute Gasteiger partial charge is 0.480 e. The molecule has 0 radical (unpaired) electrons. The summed E-state index contributed by atoms with van der Waals surface area (Å²) in [5, 5.41) is 8.97. The average molecular weight is 498 g/mol. The molecule has 0 aliphatic carbocycles. The molecule has 36 heavy (non-hydrogen) atoms. The maximum absolute atomic E-state index is 14.2. The van der Waals surface area contributed by atoms with Crippen molar-refractivity contribution in [1.29, 1.82) is 0 Å². The van der Waals surface area contributed by atoms with Crippen molar-refractivity contribution in [2.45, 2.75) is 24.7 Å². The van der Waals surface area contributed by atoms with E-state index in [4.69, 9.17) is 21.3 Å². The van der Waals surface area contributed by atoms with Crippen molar-refractivity contribution < 1.29 is 27.8 Å². The van der Waals surface area contributed by atoms with Gasteiger partial charge in [-0.05, 0) is 18.1 Å². The number of carboxylic acids is 1. The van der Waals surface area contributed by atoms with Gasteiger partial charge >= 0.3 is 12.1 Å². The summed E-state index contributed by atoms with van der Waals surface area (Å²) in [5.41, 5.74) is 12.9. The fourth-order valence-electron chi connectivity index (χ4n) is 3.58. The second kappa shape index (κ2) is 10.0. The number of nitrogen functional groups attached to an aromatic ring is 1. The van der Waals surface area contributed by atoms with Gasteiger partial charge in [-0.25, -0.2) is 9.97 Å². The number of imidazole rings is 1. The number of carboxylic acid groups (broad SMARTS) is 1. The molecule has 5 N–H and O–H groups in total. The standard InChI is InChI=1S/C24H21F3N6O3/c25-24(26,27)21(16-3-1-2-4-19(16)33-10-9-30-13-33)36-20-12-18(31-23(29)32-20)15-7-5-14(6-8-15)11-17(28)22(34)35/h1-10,12-13,17,21H,11,28H2,(H,34,35)(H2,29,31,32)/t17-,21?/m0/s1. The number of benzene rings is 2. The number of rotatable bonds is 8. The van der Waals surface area contributed by atoms with Crippen molar-refractivity contribution in [3.63, 3.8) is 0 Å². The van der Waals surface area contributed by atoms with E-state index < -0.39 is 24.3 Å². The summed E-state index contributed by atoms with van der Waals surface area (Å²) in [7, 11) is 0. The van der Waals surface area contributed by atoms with Crippen molar-refractivity contribution >= 4 is 11.9 Å². The summed E-state index contributed by atoms with van der Waals surface area (Å²) in [6, 6.07) is 12.7. The first kappa shape index (κ1) is 24.7. The zero-order valence-electron chi connectivity index (χ0n) is 18.6. The van der Waals surface area contributed by atoms with E-state index in [1.807, 2.05) is 0 Å². The Hall–Kier alpha value is -4.45. The molecule has 186 valence electrons. The Kier molecular flexibility index (Phi) is 6.88. The Bertz CT molecular complexity index is 1340. The lowest BCUT2D eigenvalue weighted by molar-refractivity contribution is -0.198. The Morgan fingerprint density at radius 2 is 1.83 bits per heavy atom. The minimum Gasteiger partial charge on any atom is -0.480 e. The lowest BCUT2D eigenvalue weighted by atomic mass is 10.0. The van der Waals surface area contributed by atoms with E-state index in [9.17, 15) is 18.0 Å². The van der Waals surface area contributed by atoms with E-state index >= 15 is 0 Å². The first-order valence-corrected chi connectivity index (χ1v) is 10.6. The van der Waals surface area contributed by atoms with E-state index in [1.165, 1.54) is 47.6 Å². The van der Waals surface area contributed by atoms with Crippen LogP contribution in [0.5, 0.6) is 5.88 Å². The van der Waals surface area contributed by atoms with Crippen LogP contribution in [0.15, 0.2) is 73.3 Å². The maximum atomic E-state index is 14.2. The maximum Gasteiger partial charge on any atom is 0.429 e. The van der Waals surface area contributed by atoms with Crippen molar-refractivity contribution in [2.24, 2.45) is 5.73 Å². The van der Waals surface area contributed by atoms with Gasteiger partial charge in [-0.2, -0.15) is 18.2 Å². The molecule has 2 heterocycles. The minimum absolute atomic E-state index is 0.111. The van der Waals surface area contributed by atoms with E-state index in [-0.39, 0.29) is 35.2 Å². The van der Waals surface area contributed by atoms with Gasteiger partial charge in [-0.3, -0.25) is 4.79 Å². The fraction of sp³-hybridized carbons (Fsp3) is 0.167. The molecule has 0 bridgehead atoms. The molecular formula is C24H21F3N6O3. The number of ether oxygens (including phenoxy) is 1. The van der Waals surface area contributed by atoms with Crippen LogP contribution < -0.4 is 16.2 Å². The highest BCUT2D eigenvalue weighted by Gasteiger charge is 2.44. The average Bonchev–Trinajstić information content (AvgIpc) is 3.37. The molecule has 0 aliphatic rings. The Morgan fingerprint density at radius 3 is 2.47 bits per heavy atom. The van der Waals surface area contributed by atoms with Gasteiger partial charge in [0.2, 0.25) is 17.9 Å². The van der Waals surface area contributed by atoms with Gasteiger partial charge in [-0.15, -0.1) is 0 Å². The molecule has 4 rings (SSSR count). The predicted molar refractivity (Wildman–Crippen MR) is 124 cm³/mol. The van der Waals surface area contributed by atoms with Crippen LogP contribution in [0.1, 0.15) is 17.2 Å². The Labute approximate surface area is 203 Å². The molecule has 12 heteroatoms. The number of hydrogen-bond donors (Lipinski definition) is 3. The van der Waals surface area contributed by atoms with E-state index in [2.05, 4.69) is 15.0 Å². The number of nitrogens with zero attached hydrogens (tertiary/aromatic N) is 4. The van der Waals surface area contributed by atoms with Crippen molar-refractivity contribution in [2.75, 3.05) is 5.73 Å². The highest BCUT2D eigenvalue weighted by atomic mass is 19.4. The predicted octanol–water partition coefficient (Wildman–Crippen LogP) is 3.55. The molecule has 1 unspecified atom stereocenters. The topological polar surface area (TPSA) is 142 Å². The molecule has 0 aliphatic heterocycles. The number of nitrogens with two attached hydrogens (primary N) is 2. The quantitative estimate of drug-likeness (QED) is 0.335. The van der Waals surface area contributed by atoms with Crippen LogP contribution in [0.25, 0.3) is 16.9 Å². The van der Waals surface area contributed by atoms with Crippen molar-refractivity contribution in [3.8, 4) is 22.8 Å². The van der Waals surface area contributed by atoms with Crippen LogP contribution in [0.4, 0.5) is 19.1 Å². The van der Waals surface area contributed by atoms with E-state index in [0.717, 1.165) is 0 Å². The molecule has 9 nitrogen and oxygen atoms in total. The van der Waals surface area contributed by atoms with E-state index in [0.29, 0.717) is 11.1 Å². The third-order valence-corrected chi connectivity index (χ3v) is 5.28. The van der Waals surface area contributed by atoms with Gasteiger partial charge in [0.15, 0.2) is 0 Å². The normalized spacial score (nSPS) is 13.2. The second-order valence-corrected chi connectivity index (χ2v) is 7.86. The Morgan fingerprint density at radius 1 is 1.11 bits per heavy atom. The third kappa shape index (κ3) is 5.61. The molecule has 0 amide bonds. The molecular weight excluding hydrogens is 477 g/mol. The minimum atomic E-state index is -4.78. The summed E-state index contributed by atoms with van der Waals surface area (Å²) < 4.78 is 49.3. The number of hydrogen-bond acceptors (Lipinski definition) is 7. The number of alkyl halides is 3. The van der Waals surface area contributed by atoms with Gasteiger partial charge in [0, 0.05) is 29.6 Å². The number of halogens is 3. The molecule has 0 saturated carbocycles. The molecule has 2 aromatic heterocycles. The summed E-state index contributed by atoms with van der Waals surface area (Å²) in [6.45, 7) is 0. The number of para-hydroxylation sites is 1. The van der Waals surface area contributed by atoms with Crippen LogP contribution in [0, 0.1) is 0 Å². The van der Waals surface area contributed by atoms with Crippen molar-refractivity contribution in [3.05, 3.63) is 84.4 Å². The summed E-state index contributed by atoms with van der Waals surface area (Å²) in [6.07, 6.45) is -2.64. The summed E-state index contributed by atoms with van der Waals surface area (Å²) >= 11 is 0. The molecule has 0 saturated heterocycles. The smallest absolute Gasteiger partial charge is 0.429 e. The lowest BCUT2D eigenvalue weighted by Crippen LogP contribution is -2.32. The zero-order valence-corrected chi connectivity index (χ0v) is 18.6. The molecule has 0 spiro atoms. The summed E-state index contributed by atoms with van der Waals surface area (Å²) in [5.74, 6) is -1.76. The second-order valence-electron chi connectivity index (χ2n) is 7.86. The van der Waals surface area contributed by atoms with Gasteiger partial charge in [-0.1, -0.05) is 42.5 Å². The van der Waals surface area contributed by atoms with Gasteiger partial charge < -0.3 is 25.9 Å². The molecule has 0 fully saturated rings. The first-order chi connectivity index (χ1) is 17.1. The highest BCUT2D eigenvalue weighted by molar-refractivity contribution is 5.73. The highest BCUT2D eigenvalue weighted by Crippen LogP contribution is 2.39. The van der Waals surface area contributed by atoms with Crippen LogP contribution in [-0.2, 0) is 11.2 Å². The lowest BCUT2D eigenvalue weighted by Gasteiger charge is -2.24. The number of aromatic nitrogens is 4. The van der Waals surface area contributed by atoms with Crippen molar-refractivity contribution in [1.82, 2.24) is 19.5 Å². The number of carbonyl (C=O) groups is 1. The van der Waals surface area contributed by atoms with Gasteiger partial charge in [0.05, 0.1) is 17.7 Å². The first-order valence-electron chi connectivity index (χ1n) is 10.6. The van der Waals surface area contributed by atoms with Gasteiger partial charge in [0.25, 0.3) is 0 Å². The zero-order chi connectivity index (χ0) is 25.9. The van der Waals surface area contributed by atoms with E-state index in [1.54, 1.807) is 30.3 Å². The van der Waals surface area contributed by atoms with Crippen LogP contribution >= 0.6 is 0 Å². The number of aliphatic carboxylic acids is 1. The van der Waals surface area contributed by atoms with Crippen LogP contribution in [0.3, 0.4) is 0 Å². The van der Waals surface area contributed by atoms with Gasteiger partial charge in [0.1, 0.15) is 6.04 Å². The molecule has 4 aromatic rings. The van der Waals surface area contributed by atoms with Crippen LogP contribution in [0.2, 0.25) is 0 Å². The SMILES string of the molecule is Nc1nc(OC(c2ccccc2-n2ccnc2)C(F)(F)F)cc(-c2ccc(C[C@H](N)C(=O)O)cc2)n1. The Balaban J connectivity index is 1.65. The molecule has 2 aromatic carbocycles. The van der Waals surface area contributed by atoms with Crippen LogP contribution in [-0.4, -0.2) is 42.8 Å². The summed E-state index contributed by atoms with van der Waals surface area (Å²) in [4.78, 5) is 22.8. The monoisotopic (exact) mass is 498 g/mol. The fourth-order valence-corrected chi connectivity index (χ4v) is 3.58. The number of anilines is 1.